The lowest BCUT2D eigenvalue weighted by molar-refractivity contribution is -0.137. The zero-order valence-electron chi connectivity index (χ0n) is 19.2. The van der Waals surface area contributed by atoms with Crippen LogP contribution in [0, 0.1) is 5.82 Å². The van der Waals surface area contributed by atoms with Gasteiger partial charge >= 0.3 is 6.18 Å². The molecular weight excluding hydrogens is 460 g/mol. The molecule has 0 saturated heterocycles. The molecule has 0 radical (unpaired) electrons. The quantitative estimate of drug-likeness (QED) is 0.386. The van der Waals surface area contributed by atoms with E-state index in [1.165, 1.54) is 6.07 Å². The number of carbonyl (C=O) groups is 1. The highest BCUT2D eigenvalue weighted by Crippen LogP contribution is 2.38. The summed E-state index contributed by atoms with van der Waals surface area (Å²) in [4.78, 5) is 16.3. The summed E-state index contributed by atoms with van der Waals surface area (Å²) in [7, 11) is 0. The molecule has 3 aromatic rings. The van der Waals surface area contributed by atoms with Crippen LogP contribution in [0.5, 0.6) is 5.75 Å². The first-order valence-corrected chi connectivity index (χ1v) is 11.4. The Hall–Kier alpha value is -3.39. The van der Waals surface area contributed by atoms with Gasteiger partial charge in [-0.3, -0.25) is 14.6 Å². The predicted octanol–water partition coefficient (Wildman–Crippen LogP) is 5.96. The highest BCUT2D eigenvalue weighted by atomic mass is 19.4. The number of rotatable bonds is 7. The Morgan fingerprint density at radius 3 is 2.00 bits per heavy atom. The van der Waals surface area contributed by atoms with Gasteiger partial charge in [0.25, 0.3) is 0 Å². The molecule has 8 heteroatoms. The number of halogens is 4. The van der Waals surface area contributed by atoms with Crippen molar-refractivity contribution in [1.29, 1.82) is 0 Å². The van der Waals surface area contributed by atoms with Crippen LogP contribution >= 0.6 is 0 Å². The van der Waals surface area contributed by atoms with Crippen LogP contribution in [0.1, 0.15) is 24.5 Å². The Kier molecular flexibility index (Phi) is 7.40. The van der Waals surface area contributed by atoms with Crippen molar-refractivity contribution in [2.45, 2.75) is 44.8 Å². The topological polar surface area (TPSA) is 32.8 Å². The second-order valence-electron chi connectivity index (χ2n) is 8.54. The van der Waals surface area contributed by atoms with Crippen LogP contribution < -0.4 is 9.64 Å². The molecule has 1 amide bonds. The van der Waals surface area contributed by atoms with Crippen molar-refractivity contribution < 1.29 is 27.1 Å². The molecule has 0 bridgehead atoms. The number of hydrogen-bond acceptors (Lipinski definition) is 3. The van der Waals surface area contributed by atoms with E-state index >= 15 is 0 Å². The maximum atomic E-state index is 14.1. The number of carbonyl (C=O) groups excluding carboxylic acids is 1. The van der Waals surface area contributed by atoms with E-state index in [0.29, 0.717) is 24.4 Å². The molecule has 0 spiro atoms. The first-order valence-electron chi connectivity index (χ1n) is 11.4. The number of nitrogens with zero attached hydrogens (tertiary/aromatic N) is 2. The minimum absolute atomic E-state index is 0.0534. The first kappa shape index (κ1) is 24.7. The highest BCUT2D eigenvalue weighted by Gasteiger charge is 2.45. The van der Waals surface area contributed by atoms with Crippen molar-refractivity contribution in [2.75, 3.05) is 11.4 Å². The fourth-order valence-corrected chi connectivity index (χ4v) is 4.39. The summed E-state index contributed by atoms with van der Waals surface area (Å²) in [6, 6.07) is 21.1. The first-order chi connectivity index (χ1) is 16.7. The predicted molar refractivity (Wildman–Crippen MR) is 125 cm³/mol. The molecule has 0 aromatic heterocycles. The molecule has 3 aromatic carbocycles. The van der Waals surface area contributed by atoms with Crippen molar-refractivity contribution in [3.63, 3.8) is 0 Å². The van der Waals surface area contributed by atoms with Gasteiger partial charge in [0.05, 0.1) is 5.69 Å². The summed E-state index contributed by atoms with van der Waals surface area (Å²) in [5.41, 5.74) is 1.59. The molecule has 184 valence electrons. The van der Waals surface area contributed by atoms with Gasteiger partial charge < -0.3 is 4.74 Å². The van der Waals surface area contributed by atoms with E-state index in [-0.39, 0.29) is 11.4 Å². The summed E-state index contributed by atoms with van der Waals surface area (Å²) in [5, 5.41) is 0. The summed E-state index contributed by atoms with van der Waals surface area (Å²) in [6.07, 6.45) is -5.05. The molecule has 1 aliphatic heterocycles. The van der Waals surface area contributed by atoms with E-state index in [1.54, 1.807) is 0 Å². The Morgan fingerprint density at radius 2 is 1.49 bits per heavy atom. The van der Waals surface area contributed by atoms with Crippen molar-refractivity contribution in [3.05, 3.63) is 95.8 Å². The summed E-state index contributed by atoms with van der Waals surface area (Å²) >= 11 is 0. The third-order valence-corrected chi connectivity index (χ3v) is 5.95. The van der Waals surface area contributed by atoms with E-state index in [9.17, 15) is 22.4 Å². The average molecular weight is 487 g/mol. The van der Waals surface area contributed by atoms with Gasteiger partial charge in [-0.2, -0.15) is 13.2 Å². The number of anilines is 1. The van der Waals surface area contributed by atoms with Crippen LogP contribution in [0.3, 0.4) is 0 Å². The molecule has 2 atom stereocenters. The Labute approximate surface area is 201 Å². The van der Waals surface area contributed by atoms with Gasteiger partial charge in [-0.25, -0.2) is 4.39 Å². The minimum atomic E-state index is -4.68. The summed E-state index contributed by atoms with van der Waals surface area (Å²) in [5.74, 6) is -1.47. The maximum Gasteiger partial charge on any atom is 0.406 e. The lowest BCUT2D eigenvalue weighted by atomic mass is 10.0. The lowest BCUT2D eigenvalue weighted by Gasteiger charge is -2.36. The Balaban J connectivity index is 1.80. The third-order valence-electron chi connectivity index (χ3n) is 5.95. The van der Waals surface area contributed by atoms with Crippen LogP contribution in [0.4, 0.5) is 23.2 Å². The third kappa shape index (κ3) is 6.00. The van der Waals surface area contributed by atoms with Crippen molar-refractivity contribution in [2.24, 2.45) is 0 Å². The zero-order valence-corrected chi connectivity index (χ0v) is 19.2. The fourth-order valence-electron chi connectivity index (χ4n) is 4.39. The van der Waals surface area contributed by atoms with Gasteiger partial charge in [-0.15, -0.1) is 0 Å². The number of fused-ring (bicyclic) bond motifs is 1. The molecule has 0 fully saturated rings. The number of alkyl halides is 3. The smallest absolute Gasteiger partial charge is 0.406 e. The van der Waals surface area contributed by atoms with Gasteiger partial charge in [-0.05, 0) is 29.7 Å². The number of amides is 1. The molecule has 4 nitrogen and oxygen atoms in total. The standard InChI is InChI=1S/C27H26F4N2O2/c1-2-23-25(32(16-19-9-5-3-6-10-19)17-20-11-7-4-8-12-20)26(34)33(18-27(29,30)31)22-15-21(28)13-14-24(22)35-23/h3-15,23,25H,2,16-18H2,1H3/t23-,25+/m1/s1. The van der Waals surface area contributed by atoms with E-state index in [1.807, 2.05) is 72.5 Å². The van der Waals surface area contributed by atoms with Crippen LogP contribution in [0.25, 0.3) is 0 Å². The molecule has 0 N–H and O–H groups in total. The second kappa shape index (κ2) is 10.5. The maximum absolute atomic E-state index is 14.1. The van der Waals surface area contributed by atoms with Crippen LogP contribution in [0.15, 0.2) is 78.9 Å². The molecule has 0 aliphatic carbocycles. The number of ether oxygens (including phenoxy) is 1. The van der Waals surface area contributed by atoms with Gasteiger partial charge in [0.15, 0.2) is 0 Å². The Morgan fingerprint density at radius 1 is 0.914 bits per heavy atom. The van der Waals surface area contributed by atoms with Gasteiger partial charge in [-0.1, -0.05) is 67.6 Å². The number of hydrogen-bond donors (Lipinski definition) is 0. The molecule has 35 heavy (non-hydrogen) atoms. The zero-order chi connectivity index (χ0) is 25.0. The summed E-state index contributed by atoms with van der Waals surface area (Å²) in [6.45, 7) is 0.910. The Bertz CT molecular complexity index is 1100. The van der Waals surface area contributed by atoms with Crippen molar-refractivity contribution in [3.8, 4) is 5.75 Å². The largest absolute Gasteiger partial charge is 0.486 e. The van der Waals surface area contributed by atoms with Gasteiger partial charge in [0.1, 0.15) is 30.3 Å². The van der Waals surface area contributed by atoms with Crippen LogP contribution in [-0.2, 0) is 17.9 Å². The molecule has 1 heterocycles. The van der Waals surface area contributed by atoms with Crippen LogP contribution in [-0.4, -0.2) is 35.7 Å². The molecule has 0 unspecified atom stereocenters. The number of benzene rings is 3. The molecule has 0 saturated carbocycles. The molecule has 1 aliphatic rings. The van der Waals surface area contributed by atoms with E-state index in [4.69, 9.17) is 4.74 Å². The van der Waals surface area contributed by atoms with Crippen molar-refractivity contribution >= 4 is 11.6 Å². The van der Waals surface area contributed by atoms with Crippen molar-refractivity contribution in [1.82, 2.24) is 4.90 Å². The monoisotopic (exact) mass is 486 g/mol. The minimum Gasteiger partial charge on any atom is -0.486 e. The van der Waals surface area contributed by atoms with Crippen LogP contribution in [0.2, 0.25) is 0 Å². The van der Waals surface area contributed by atoms with Gasteiger partial charge in [0, 0.05) is 19.2 Å². The van der Waals surface area contributed by atoms with E-state index < -0.39 is 36.6 Å². The normalized spacial score (nSPS) is 18.2. The fraction of sp³-hybridized carbons (Fsp3) is 0.296. The molecule has 4 rings (SSSR count). The highest BCUT2D eigenvalue weighted by molar-refractivity contribution is 5.99. The van der Waals surface area contributed by atoms with E-state index in [0.717, 1.165) is 23.3 Å². The van der Waals surface area contributed by atoms with Gasteiger partial charge in [0.2, 0.25) is 5.91 Å². The van der Waals surface area contributed by atoms with E-state index in [2.05, 4.69) is 0 Å². The summed E-state index contributed by atoms with van der Waals surface area (Å²) < 4.78 is 61.0. The second-order valence-corrected chi connectivity index (χ2v) is 8.54. The SMILES string of the molecule is CC[C@H]1Oc2ccc(F)cc2N(CC(F)(F)F)C(=O)[C@H]1N(Cc1ccccc1)Cc1ccccc1. The lowest BCUT2D eigenvalue weighted by Crippen LogP contribution is -2.55. The average Bonchev–Trinajstić information content (AvgIpc) is 2.93. The molecular formula is C27H26F4N2O2.